The van der Waals surface area contributed by atoms with Crippen LogP contribution in [0, 0.1) is 10.1 Å². The van der Waals surface area contributed by atoms with Crippen LogP contribution in [0.1, 0.15) is 10.4 Å². The molecule has 2 rings (SSSR count). The normalized spacial score (nSPS) is 10.2. The van der Waals surface area contributed by atoms with Gasteiger partial charge in [-0.15, -0.1) is 0 Å². The third-order valence-corrected chi connectivity index (χ3v) is 3.77. The first-order chi connectivity index (χ1) is 9.88. The molecule has 2 aromatic rings. The molecule has 0 unspecified atom stereocenters. The summed E-state index contributed by atoms with van der Waals surface area (Å²) in [5.74, 6) is -0.386. The van der Waals surface area contributed by atoms with Crippen molar-refractivity contribution in [3.63, 3.8) is 0 Å². The minimum Gasteiger partial charge on any atom is -0.322 e. The van der Waals surface area contributed by atoms with Crippen molar-refractivity contribution >= 4 is 56.4 Å². The molecular weight excluding hydrogens is 383 g/mol. The molecule has 0 aliphatic heterocycles. The molecule has 0 fully saturated rings. The Morgan fingerprint density at radius 1 is 1.19 bits per heavy atom. The number of nitro benzene ring substituents is 1. The summed E-state index contributed by atoms with van der Waals surface area (Å²) in [6, 6.07) is 8.71. The van der Waals surface area contributed by atoms with Gasteiger partial charge in [0.05, 0.1) is 10.5 Å². The van der Waals surface area contributed by atoms with E-state index in [0.29, 0.717) is 20.7 Å². The summed E-state index contributed by atoms with van der Waals surface area (Å²) >= 11 is 14.8. The Morgan fingerprint density at radius 2 is 1.90 bits per heavy atom. The van der Waals surface area contributed by atoms with Crippen LogP contribution in [-0.2, 0) is 0 Å². The lowest BCUT2D eigenvalue weighted by atomic mass is 10.2. The number of halogens is 3. The van der Waals surface area contributed by atoms with Crippen LogP contribution in [0.4, 0.5) is 11.4 Å². The first-order valence-corrected chi connectivity index (χ1v) is 7.13. The Bertz CT molecular complexity index is 737. The molecule has 0 saturated heterocycles. The molecule has 0 radical (unpaired) electrons. The number of anilines is 1. The smallest absolute Gasteiger partial charge is 0.288 e. The van der Waals surface area contributed by atoms with Gasteiger partial charge in [-0.1, -0.05) is 23.2 Å². The molecule has 0 spiro atoms. The quantitative estimate of drug-likeness (QED) is 0.598. The second-order valence-electron chi connectivity index (χ2n) is 4.00. The summed E-state index contributed by atoms with van der Waals surface area (Å²) in [4.78, 5) is 22.2. The molecule has 0 aliphatic rings. The Labute approximate surface area is 138 Å². The molecule has 0 bridgehead atoms. The maximum atomic E-state index is 12.1. The minimum atomic E-state index is -0.594. The van der Waals surface area contributed by atoms with Gasteiger partial charge in [0, 0.05) is 21.2 Å². The first-order valence-electron chi connectivity index (χ1n) is 5.59. The van der Waals surface area contributed by atoms with Crippen LogP contribution in [0.5, 0.6) is 0 Å². The van der Waals surface area contributed by atoms with Crippen molar-refractivity contribution in [1.82, 2.24) is 0 Å². The zero-order valence-electron chi connectivity index (χ0n) is 10.3. The SMILES string of the molecule is O=C(Nc1ccc([N+](=O)[O-])c(Cl)c1)c1ccc(Cl)cc1Br. The third-order valence-electron chi connectivity index (χ3n) is 2.58. The van der Waals surface area contributed by atoms with Crippen molar-refractivity contribution < 1.29 is 9.72 Å². The Morgan fingerprint density at radius 3 is 2.48 bits per heavy atom. The van der Waals surface area contributed by atoms with Crippen molar-refractivity contribution in [3.05, 3.63) is 66.6 Å². The molecule has 108 valence electrons. The number of nitrogens with one attached hydrogen (secondary N) is 1. The first kappa shape index (κ1) is 15.8. The highest BCUT2D eigenvalue weighted by atomic mass is 79.9. The van der Waals surface area contributed by atoms with Gasteiger partial charge in [-0.3, -0.25) is 14.9 Å². The van der Waals surface area contributed by atoms with E-state index in [4.69, 9.17) is 23.2 Å². The second-order valence-corrected chi connectivity index (χ2v) is 5.70. The van der Waals surface area contributed by atoms with E-state index in [1.54, 1.807) is 18.2 Å². The second kappa shape index (κ2) is 6.43. The Balaban J connectivity index is 2.23. The van der Waals surface area contributed by atoms with Gasteiger partial charge in [0.25, 0.3) is 11.6 Å². The number of benzene rings is 2. The number of rotatable bonds is 3. The molecule has 2 aromatic carbocycles. The lowest BCUT2D eigenvalue weighted by Crippen LogP contribution is -2.12. The van der Waals surface area contributed by atoms with E-state index >= 15 is 0 Å². The van der Waals surface area contributed by atoms with Crippen LogP contribution in [0.2, 0.25) is 10.0 Å². The fourth-order valence-corrected chi connectivity index (χ4v) is 2.72. The molecule has 1 amide bonds. The summed E-state index contributed by atoms with van der Waals surface area (Å²) in [7, 11) is 0. The highest BCUT2D eigenvalue weighted by Gasteiger charge is 2.15. The van der Waals surface area contributed by atoms with Crippen molar-refractivity contribution in [3.8, 4) is 0 Å². The number of carbonyl (C=O) groups is 1. The Kier molecular flexibility index (Phi) is 4.82. The summed E-state index contributed by atoms with van der Waals surface area (Å²) in [5.41, 5.74) is 0.522. The molecule has 8 heteroatoms. The summed E-state index contributed by atoms with van der Waals surface area (Å²) in [6.45, 7) is 0. The van der Waals surface area contributed by atoms with Gasteiger partial charge in [-0.05, 0) is 46.3 Å². The molecule has 0 aromatic heterocycles. The highest BCUT2D eigenvalue weighted by molar-refractivity contribution is 9.10. The summed E-state index contributed by atoms with van der Waals surface area (Å²) in [5, 5.41) is 13.7. The van der Waals surface area contributed by atoms with Gasteiger partial charge in [-0.2, -0.15) is 0 Å². The molecular formula is C13H7BrCl2N2O3. The van der Waals surface area contributed by atoms with E-state index in [1.807, 2.05) is 0 Å². The highest BCUT2D eigenvalue weighted by Crippen LogP contribution is 2.28. The molecule has 0 heterocycles. The average molecular weight is 390 g/mol. The monoisotopic (exact) mass is 388 g/mol. The average Bonchev–Trinajstić information content (AvgIpc) is 2.37. The van der Waals surface area contributed by atoms with E-state index < -0.39 is 4.92 Å². The fraction of sp³-hybridized carbons (Fsp3) is 0. The number of hydrogen-bond donors (Lipinski definition) is 1. The number of amides is 1. The number of carbonyl (C=O) groups excluding carboxylic acids is 1. The summed E-state index contributed by atoms with van der Waals surface area (Å²) < 4.78 is 0.542. The molecule has 21 heavy (non-hydrogen) atoms. The van der Waals surface area contributed by atoms with Gasteiger partial charge in [0.2, 0.25) is 0 Å². The topological polar surface area (TPSA) is 72.2 Å². The fourth-order valence-electron chi connectivity index (χ4n) is 1.60. The zero-order chi connectivity index (χ0) is 15.6. The zero-order valence-corrected chi connectivity index (χ0v) is 13.4. The summed E-state index contributed by atoms with van der Waals surface area (Å²) in [6.07, 6.45) is 0. The van der Waals surface area contributed by atoms with E-state index in [2.05, 4.69) is 21.2 Å². The van der Waals surface area contributed by atoms with Gasteiger partial charge >= 0.3 is 0 Å². The largest absolute Gasteiger partial charge is 0.322 e. The van der Waals surface area contributed by atoms with E-state index in [9.17, 15) is 14.9 Å². The standard InChI is InChI=1S/C13H7BrCl2N2O3/c14-10-5-7(15)1-3-9(10)13(19)17-8-2-4-12(18(20)21)11(16)6-8/h1-6H,(H,17,19). The minimum absolute atomic E-state index is 0.0482. The predicted octanol–water partition coefficient (Wildman–Crippen LogP) is 4.92. The predicted molar refractivity (Wildman–Crippen MR) is 85.2 cm³/mol. The van der Waals surface area contributed by atoms with Crippen molar-refractivity contribution in [2.24, 2.45) is 0 Å². The van der Waals surface area contributed by atoms with Crippen LogP contribution in [0.15, 0.2) is 40.9 Å². The number of hydrogen-bond acceptors (Lipinski definition) is 3. The van der Waals surface area contributed by atoms with Gasteiger partial charge in [-0.25, -0.2) is 0 Å². The molecule has 5 nitrogen and oxygen atoms in total. The van der Waals surface area contributed by atoms with Crippen molar-refractivity contribution in [2.45, 2.75) is 0 Å². The van der Waals surface area contributed by atoms with Crippen LogP contribution < -0.4 is 5.32 Å². The van der Waals surface area contributed by atoms with Crippen LogP contribution in [0.25, 0.3) is 0 Å². The lowest BCUT2D eigenvalue weighted by Gasteiger charge is -2.07. The molecule has 0 saturated carbocycles. The molecule has 0 atom stereocenters. The van der Waals surface area contributed by atoms with E-state index in [1.165, 1.54) is 18.2 Å². The van der Waals surface area contributed by atoms with Crippen LogP contribution in [0.3, 0.4) is 0 Å². The maximum absolute atomic E-state index is 12.1. The third kappa shape index (κ3) is 3.72. The van der Waals surface area contributed by atoms with Crippen molar-refractivity contribution in [2.75, 3.05) is 5.32 Å². The van der Waals surface area contributed by atoms with E-state index in [0.717, 1.165) is 0 Å². The molecule has 0 aliphatic carbocycles. The van der Waals surface area contributed by atoms with Crippen LogP contribution in [-0.4, -0.2) is 10.8 Å². The van der Waals surface area contributed by atoms with Crippen molar-refractivity contribution in [1.29, 1.82) is 0 Å². The van der Waals surface area contributed by atoms with Gasteiger partial charge in [0.1, 0.15) is 5.02 Å². The van der Waals surface area contributed by atoms with Gasteiger partial charge in [0.15, 0.2) is 0 Å². The van der Waals surface area contributed by atoms with Crippen LogP contribution >= 0.6 is 39.1 Å². The number of nitro groups is 1. The Hall–Kier alpha value is -1.63. The number of nitrogens with zero attached hydrogens (tertiary/aromatic N) is 1. The van der Waals surface area contributed by atoms with Gasteiger partial charge < -0.3 is 5.32 Å². The maximum Gasteiger partial charge on any atom is 0.288 e. The van der Waals surface area contributed by atoms with E-state index in [-0.39, 0.29) is 16.6 Å². The molecule has 1 N–H and O–H groups in total. The lowest BCUT2D eigenvalue weighted by molar-refractivity contribution is -0.384.